The average molecular weight is 387 g/mol. The molecule has 2 rings (SSSR count). The number of hydrogen-bond donors (Lipinski definition) is 3. The Morgan fingerprint density at radius 3 is 3.05 bits per heavy atom. The summed E-state index contributed by atoms with van der Waals surface area (Å²) in [5.41, 5.74) is 0.975. The first-order chi connectivity index (χ1) is 10.5. The van der Waals surface area contributed by atoms with Crippen molar-refractivity contribution >= 4 is 38.9 Å². The van der Waals surface area contributed by atoms with Gasteiger partial charge in [0.1, 0.15) is 19.2 Å². The number of thiocarbonyl (C=S) groups is 1. The van der Waals surface area contributed by atoms with Crippen LogP contribution in [-0.4, -0.2) is 44.0 Å². The smallest absolute Gasteiger partial charge is 0.170 e. The molecule has 1 saturated heterocycles. The third-order valence-corrected chi connectivity index (χ3v) is 4.33. The molecule has 0 spiro atoms. The van der Waals surface area contributed by atoms with Crippen molar-refractivity contribution in [3.63, 3.8) is 0 Å². The molecule has 1 aromatic rings. The number of hydrogen-bond acceptors (Lipinski definition) is 2. The molecule has 1 fully saturated rings. The van der Waals surface area contributed by atoms with Gasteiger partial charge in [-0.2, -0.15) is 0 Å². The van der Waals surface area contributed by atoms with Crippen molar-refractivity contribution in [1.29, 1.82) is 0 Å². The molecule has 122 valence electrons. The second-order valence-corrected chi connectivity index (χ2v) is 7.46. The normalized spacial score (nSPS) is 21.6. The summed E-state index contributed by atoms with van der Waals surface area (Å²) in [6.45, 7) is 9.49. The fraction of sp³-hybridized carbons (Fsp3) is 0.562. The zero-order chi connectivity index (χ0) is 15.9. The van der Waals surface area contributed by atoms with Crippen molar-refractivity contribution in [2.75, 3.05) is 38.1 Å². The van der Waals surface area contributed by atoms with Gasteiger partial charge in [0, 0.05) is 22.6 Å². The van der Waals surface area contributed by atoms with Crippen LogP contribution in [0, 0.1) is 5.92 Å². The van der Waals surface area contributed by atoms with E-state index in [1.165, 1.54) is 6.54 Å². The molecule has 2 atom stereocenters. The molecule has 4 nitrogen and oxygen atoms in total. The van der Waals surface area contributed by atoms with Crippen LogP contribution in [0.2, 0.25) is 0 Å². The molecule has 6 heteroatoms. The minimum atomic E-state index is 0.227. The van der Waals surface area contributed by atoms with Gasteiger partial charge in [-0.25, -0.2) is 0 Å². The lowest BCUT2D eigenvalue weighted by molar-refractivity contribution is -0.914. The lowest BCUT2D eigenvalue weighted by atomic mass is 10.2. The van der Waals surface area contributed by atoms with Crippen LogP contribution in [0.3, 0.4) is 0 Å². The van der Waals surface area contributed by atoms with Crippen LogP contribution < -0.4 is 15.5 Å². The minimum absolute atomic E-state index is 0.227. The summed E-state index contributed by atoms with van der Waals surface area (Å²) in [5.74, 6) is 0.723. The van der Waals surface area contributed by atoms with Gasteiger partial charge >= 0.3 is 0 Å². The van der Waals surface area contributed by atoms with Gasteiger partial charge in [-0.05, 0) is 30.4 Å². The number of anilines is 1. The molecule has 0 aromatic heterocycles. The van der Waals surface area contributed by atoms with E-state index in [0.717, 1.165) is 42.3 Å². The number of rotatable bonds is 5. The number of quaternary nitrogens is 1. The third-order valence-electron chi connectivity index (χ3n) is 3.60. The topological polar surface area (TPSA) is 37.7 Å². The molecule has 0 amide bonds. The Morgan fingerprint density at radius 1 is 1.50 bits per heavy atom. The molecule has 0 bridgehead atoms. The Labute approximate surface area is 146 Å². The number of morpholine rings is 1. The monoisotopic (exact) mass is 386 g/mol. The fourth-order valence-electron chi connectivity index (χ4n) is 2.69. The van der Waals surface area contributed by atoms with Gasteiger partial charge in [-0.3, -0.25) is 0 Å². The van der Waals surface area contributed by atoms with Gasteiger partial charge < -0.3 is 20.3 Å². The van der Waals surface area contributed by atoms with Crippen molar-refractivity contribution in [1.82, 2.24) is 5.32 Å². The summed E-state index contributed by atoms with van der Waals surface area (Å²) in [6, 6.07) is 7.96. The van der Waals surface area contributed by atoms with Crippen molar-refractivity contribution in [2.45, 2.75) is 20.0 Å². The lowest BCUT2D eigenvalue weighted by Gasteiger charge is -2.31. The molecule has 0 saturated carbocycles. The van der Waals surface area contributed by atoms with Gasteiger partial charge in [0.05, 0.1) is 13.2 Å². The highest BCUT2D eigenvalue weighted by atomic mass is 79.9. The van der Waals surface area contributed by atoms with Crippen molar-refractivity contribution < 1.29 is 9.64 Å². The molecular weight excluding hydrogens is 362 g/mol. The largest absolute Gasteiger partial charge is 0.365 e. The summed E-state index contributed by atoms with van der Waals surface area (Å²) in [7, 11) is 0. The summed E-state index contributed by atoms with van der Waals surface area (Å²) < 4.78 is 6.86. The Bertz CT molecular complexity index is 498. The van der Waals surface area contributed by atoms with E-state index in [1.807, 2.05) is 24.3 Å². The van der Waals surface area contributed by atoms with Crippen LogP contribution in [-0.2, 0) is 4.74 Å². The maximum atomic E-state index is 5.83. The Kier molecular flexibility index (Phi) is 7.08. The van der Waals surface area contributed by atoms with Crippen LogP contribution in [0.1, 0.15) is 13.8 Å². The van der Waals surface area contributed by atoms with Gasteiger partial charge in [0.15, 0.2) is 5.11 Å². The van der Waals surface area contributed by atoms with Gasteiger partial charge in [-0.1, -0.05) is 35.8 Å². The molecule has 1 aromatic carbocycles. The first-order valence-corrected chi connectivity index (χ1v) is 8.98. The molecule has 0 aliphatic carbocycles. The Balaban J connectivity index is 1.73. The average Bonchev–Trinajstić information content (AvgIpc) is 2.45. The quantitative estimate of drug-likeness (QED) is 0.673. The lowest BCUT2D eigenvalue weighted by Crippen LogP contribution is -3.15. The predicted octanol–water partition coefficient (Wildman–Crippen LogP) is 1.68. The first-order valence-electron chi connectivity index (χ1n) is 7.78. The molecule has 1 aliphatic rings. The molecule has 1 heterocycles. The number of ether oxygens (including phenoxy) is 1. The second kappa shape index (κ2) is 8.82. The van der Waals surface area contributed by atoms with Crippen molar-refractivity contribution in [3.05, 3.63) is 28.7 Å². The molecular formula is C16H25BrN3OS+. The number of nitrogens with one attached hydrogen (secondary N) is 3. The van der Waals surface area contributed by atoms with Crippen LogP contribution in [0.15, 0.2) is 28.7 Å². The minimum Gasteiger partial charge on any atom is -0.365 e. The van der Waals surface area contributed by atoms with Crippen LogP contribution >= 0.6 is 28.1 Å². The van der Waals surface area contributed by atoms with E-state index in [1.54, 1.807) is 4.90 Å². The van der Waals surface area contributed by atoms with Gasteiger partial charge in [0.2, 0.25) is 0 Å². The van der Waals surface area contributed by atoms with E-state index in [2.05, 4.69) is 40.4 Å². The van der Waals surface area contributed by atoms with E-state index in [-0.39, 0.29) is 6.10 Å². The van der Waals surface area contributed by atoms with Crippen LogP contribution in [0.4, 0.5) is 5.69 Å². The number of halogens is 1. The molecule has 3 N–H and O–H groups in total. The zero-order valence-electron chi connectivity index (χ0n) is 13.2. The van der Waals surface area contributed by atoms with Gasteiger partial charge in [-0.15, -0.1) is 0 Å². The summed E-state index contributed by atoms with van der Waals surface area (Å²) >= 11 is 8.80. The second-order valence-electron chi connectivity index (χ2n) is 6.14. The predicted molar refractivity (Wildman–Crippen MR) is 98.5 cm³/mol. The van der Waals surface area contributed by atoms with Crippen molar-refractivity contribution in [3.8, 4) is 0 Å². The first kappa shape index (κ1) is 17.7. The summed E-state index contributed by atoms with van der Waals surface area (Å²) in [6.07, 6.45) is 0.227. The summed E-state index contributed by atoms with van der Waals surface area (Å²) in [4.78, 5) is 1.62. The fourth-order valence-corrected chi connectivity index (χ4v) is 3.30. The highest BCUT2D eigenvalue weighted by Gasteiger charge is 2.24. The van der Waals surface area contributed by atoms with E-state index in [4.69, 9.17) is 17.0 Å². The molecule has 0 radical (unpaired) electrons. The number of benzene rings is 1. The highest BCUT2D eigenvalue weighted by Crippen LogP contribution is 2.15. The van der Waals surface area contributed by atoms with Crippen LogP contribution in [0.25, 0.3) is 0 Å². The highest BCUT2D eigenvalue weighted by molar-refractivity contribution is 9.10. The maximum absolute atomic E-state index is 5.83. The molecule has 1 aliphatic heterocycles. The standard InChI is InChI=1S/C16H24BrN3OS/c1-12(2)10-20-6-7-21-15(11-20)9-18-16(22)19-14-5-3-4-13(17)8-14/h3-5,8,12,15H,6-7,9-11H2,1-2H3,(H2,18,19,22)/p+1/t15-/m1/s1. The van der Waals surface area contributed by atoms with E-state index in [9.17, 15) is 0 Å². The van der Waals surface area contributed by atoms with Crippen LogP contribution in [0.5, 0.6) is 0 Å². The maximum Gasteiger partial charge on any atom is 0.170 e. The zero-order valence-corrected chi connectivity index (χ0v) is 15.6. The van der Waals surface area contributed by atoms with E-state index >= 15 is 0 Å². The Hall–Kier alpha value is -0.690. The summed E-state index contributed by atoms with van der Waals surface area (Å²) in [5, 5.41) is 7.09. The van der Waals surface area contributed by atoms with E-state index in [0.29, 0.717) is 5.11 Å². The van der Waals surface area contributed by atoms with Crippen molar-refractivity contribution in [2.24, 2.45) is 5.92 Å². The third kappa shape index (κ3) is 6.20. The Morgan fingerprint density at radius 2 is 2.32 bits per heavy atom. The molecule has 1 unspecified atom stereocenters. The van der Waals surface area contributed by atoms with E-state index < -0.39 is 0 Å². The SMILES string of the molecule is CC(C)C[NH+]1CCO[C@H](CNC(=S)Nc2cccc(Br)c2)C1. The molecule has 22 heavy (non-hydrogen) atoms. The van der Waals surface area contributed by atoms with Gasteiger partial charge in [0.25, 0.3) is 0 Å².